The highest BCUT2D eigenvalue weighted by molar-refractivity contribution is 7.11. The summed E-state index contributed by atoms with van der Waals surface area (Å²) in [5.41, 5.74) is 1.16. The van der Waals surface area contributed by atoms with Gasteiger partial charge in [0, 0.05) is 4.88 Å². The Morgan fingerprint density at radius 1 is 1.17 bits per heavy atom. The van der Waals surface area contributed by atoms with Gasteiger partial charge in [-0.05, 0) is 30.5 Å². The quantitative estimate of drug-likeness (QED) is 0.541. The third-order valence-corrected chi connectivity index (χ3v) is 4.39. The average Bonchev–Trinajstić information content (AvgIpc) is 3.25. The Bertz CT molecular complexity index is 1080. The van der Waals surface area contributed by atoms with Crippen LogP contribution in [0.5, 0.6) is 0 Å². The van der Waals surface area contributed by atoms with Crippen molar-refractivity contribution in [1.29, 1.82) is 0 Å². The Kier molecular flexibility index (Phi) is 3.55. The van der Waals surface area contributed by atoms with Crippen LogP contribution in [0.1, 0.15) is 10.7 Å². The minimum Gasteiger partial charge on any atom is -0.266 e. The molecule has 0 saturated carbocycles. The predicted molar refractivity (Wildman–Crippen MR) is 95.2 cm³/mol. The second-order valence-corrected chi connectivity index (χ2v) is 6.14. The zero-order valence-corrected chi connectivity index (χ0v) is 13.6. The minimum absolute atomic E-state index is 0.229. The van der Waals surface area contributed by atoms with E-state index in [1.807, 2.05) is 47.8 Å². The van der Waals surface area contributed by atoms with Crippen molar-refractivity contribution in [2.24, 2.45) is 5.10 Å². The number of para-hydroxylation sites is 1. The number of rotatable bonds is 3. The van der Waals surface area contributed by atoms with Crippen LogP contribution in [-0.2, 0) is 0 Å². The highest BCUT2D eigenvalue weighted by Crippen LogP contribution is 2.14. The number of aryl methyl sites for hydroxylation is 1. The van der Waals surface area contributed by atoms with Crippen molar-refractivity contribution in [2.45, 2.75) is 6.92 Å². The van der Waals surface area contributed by atoms with Crippen molar-refractivity contribution >= 4 is 28.6 Å². The molecular weight excluding hydrogens is 322 g/mol. The first-order chi connectivity index (χ1) is 11.7. The smallest absolute Gasteiger partial charge is 0.266 e. The molecule has 4 rings (SSSR count). The Balaban J connectivity index is 1.86. The molecular formula is C17H13N5OS. The first-order valence-corrected chi connectivity index (χ1v) is 8.23. The van der Waals surface area contributed by atoms with Crippen LogP contribution in [0.15, 0.2) is 63.9 Å². The maximum absolute atomic E-state index is 12.7. The fraction of sp³-hybridized carbons (Fsp3) is 0.0588. The van der Waals surface area contributed by atoms with Gasteiger partial charge in [0.05, 0.1) is 18.1 Å². The lowest BCUT2D eigenvalue weighted by atomic mass is 10.3. The number of hydrogen-bond donors (Lipinski definition) is 0. The van der Waals surface area contributed by atoms with Gasteiger partial charge < -0.3 is 0 Å². The average molecular weight is 335 g/mol. The molecule has 0 saturated heterocycles. The summed E-state index contributed by atoms with van der Waals surface area (Å²) in [6.07, 6.45) is 3.20. The zero-order chi connectivity index (χ0) is 16.5. The van der Waals surface area contributed by atoms with E-state index in [-0.39, 0.29) is 5.56 Å². The van der Waals surface area contributed by atoms with Gasteiger partial charge in [0.1, 0.15) is 11.2 Å². The molecule has 0 unspecified atom stereocenters. The van der Waals surface area contributed by atoms with E-state index in [0.29, 0.717) is 16.9 Å². The van der Waals surface area contributed by atoms with Gasteiger partial charge in [-0.25, -0.2) is 9.67 Å². The molecule has 3 aromatic heterocycles. The van der Waals surface area contributed by atoms with Crippen molar-refractivity contribution in [3.05, 3.63) is 75.1 Å². The third-order valence-electron chi connectivity index (χ3n) is 3.59. The number of aromatic nitrogens is 4. The molecule has 0 aliphatic heterocycles. The molecule has 0 atom stereocenters. The van der Waals surface area contributed by atoms with E-state index in [2.05, 4.69) is 15.2 Å². The second kappa shape index (κ2) is 5.86. The summed E-state index contributed by atoms with van der Waals surface area (Å²) < 4.78 is 2.97. The number of nitrogens with zero attached hydrogens (tertiary/aromatic N) is 5. The second-order valence-electron chi connectivity index (χ2n) is 5.17. The van der Waals surface area contributed by atoms with Crippen LogP contribution in [0.3, 0.4) is 0 Å². The Morgan fingerprint density at radius 3 is 2.75 bits per heavy atom. The molecule has 0 aliphatic rings. The molecule has 118 valence electrons. The van der Waals surface area contributed by atoms with Crippen molar-refractivity contribution in [3.63, 3.8) is 0 Å². The lowest BCUT2D eigenvalue weighted by Gasteiger charge is -2.05. The predicted octanol–water partition coefficient (Wildman–Crippen LogP) is 2.83. The fourth-order valence-electron chi connectivity index (χ4n) is 2.44. The summed E-state index contributed by atoms with van der Waals surface area (Å²) in [5.74, 6) is 0.512. The van der Waals surface area contributed by atoms with Crippen LogP contribution in [-0.4, -0.2) is 25.7 Å². The van der Waals surface area contributed by atoms with Crippen LogP contribution in [0.25, 0.3) is 16.7 Å². The fourth-order valence-corrected chi connectivity index (χ4v) is 3.02. The molecule has 6 nitrogen and oxygen atoms in total. The normalized spacial score (nSPS) is 11.5. The summed E-state index contributed by atoms with van der Waals surface area (Å²) in [4.78, 5) is 18.2. The third kappa shape index (κ3) is 2.44. The number of benzene rings is 1. The van der Waals surface area contributed by atoms with Gasteiger partial charge in [-0.15, -0.1) is 11.3 Å². The highest BCUT2D eigenvalue weighted by atomic mass is 32.1. The molecule has 4 aromatic rings. The number of fused-ring (bicyclic) bond motifs is 1. The SMILES string of the molecule is Cc1nc2c(cnn2-c2ccccc2)c(=O)n1/N=C/c1cccs1. The van der Waals surface area contributed by atoms with Gasteiger partial charge in [0.2, 0.25) is 0 Å². The maximum Gasteiger partial charge on any atom is 0.285 e. The van der Waals surface area contributed by atoms with Crippen molar-refractivity contribution < 1.29 is 0 Å². The monoisotopic (exact) mass is 335 g/mol. The van der Waals surface area contributed by atoms with E-state index in [1.165, 1.54) is 10.9 Å². The summed E-state index contributed by atoms with van der Waals surface area (Å²) in [5, 5.41) is 11.0. The van der Waals surface area contributed by atoms with E-state index in [1.54, 1.807) is 29.2 Å². The standard InChI is InChI=1S/C17H13N5OS/c1-12-20-16-15(11-19-22(16)13-6-3-2-4-7-13)17(23)21(12)18-10-14-8-5-9-24-14/h2-11H,1H3/b18-10+. The van der Waals surface area contributed by atoms with Gasteiger partial charge in [-0.1, -0.05) is 24.3 Å². The summed E-state index contributed by atoms with van der Waals surface area (Å²) in [7, 11) is 0. The molecule has 0 radical (unpaired) electrons. The van der Waals surface area contributed by atoms with Gasteiger partial charge in [0.15, 0.2) is 5.65 Å². The van der Waals surface area contributed by atoms with Gasteiger partial charge in [0.25, 0.3) is 5.56 Å². The van der Waals surface area contributed by atoms with E-state index in [9.17, 15) is 4.79 Å². The van der Waals surface area contributed by atoms with Crippen LogP contribution in [0, 0.1) is 6.92 Å². The lowest BCUT2D eigenvalue weighted by molar-refractivity contribution is 0.765. The van der Waals surface area contributed by atoms with E-state index in [0.717, 1.165) is 10.6 Å². The molecule has 1 aromatic carbocycles. The first-order valence-electron chi connectivity index (χ1n) is 7.35. The van der Waals surface area contributed by atoms with Crippen LogP contribution in [0.2, 0.25) is 0 Å². The molecule has 0 amide bonds. The molecule has 3 heterocycles. The molecule has 0 N–H and O–H groups in total. The zero-order valence-electron chi connectivity index (χ0n) is 12.8. The minimum atomic E-state index is -0.229. The molecule has 24 heavy (non-hydrogen) atoms. The largest absolute Gasteiger partial charge is 0.285 e. The first kappa shape index (κ1) is 14.5. The number of hydrogen-bond acceptors (Lipinski definition) is 5. The van der Waals surface area contributed by atoms with Gasteiger partial charge in [-0.3, -0.25) is 4.79 Å². The van der Waals surface area contributed by atoms with Crippen molar-refractivity contribution in [2.75, 3.05) is 0 Å². The Morgan fingerprint density at radius 2 is 2.00 bits per heavy atom. The summed E-state index contributed by atoms with van der Waals surface area (Å²) in [6.45, 7) is 1.76. The molecule has 0 spiro atoms. The summed E-state index contributed by atoms with van der Waals surface area (Å²) >= 11 is 1.56. The highest BCUT2D eigenvalue weighted by Gasteiger charge is 2.13. The van der Waals surface area contributed by atoms with Crippen molar-refractivity contribution in [1.82, 2.24) is 19.4 Å². The Labute approximate surface area is 141 Å². The topological polar surface area (TPSA) is 65.1 Å². The summed E-state index contributed by atoms with van der Waals surface area (Å²) in [6, 6.07) is 13.5. The van der Waals surface area contributed by atoms with Crippen LogP contribution < -0.4 is 5.56 Å². The van der Waals surface area contributed by atoms with Crippen LogP contribution in [0.4, 0.5) is 0 Å². The van der Waals surface area contributed by atoms with E-state index < -0.39 is 0 Å². The van der Waals surface area contributed by atoms with E-state index in [4.69, 9.17) is 0 Å². The molecule has 7 heteroatoms. The maximum atomic E-state index is 12.7. The van der Waals surface area contributed by atoms with Gasteiger partial charge >= 0.3 is 0 Å². The molecule has 0 fully saturated rings. The lowest BCUT2D eigenvalue weighted by Crippen LogP contribution is -2.20. The van der Waals surface area contributed by atoms with E-state index >= 15 is 0 Å². The van der Waals surface area contributed by atoms with Crippen molar-refractivity contribution in [3.8, 4) is 5.69 Å². The molecule has 0 aliphatic carbocycles. The number of thiophene rings is 1. The Hall–Kier alpha value is -3.06. The van der Waals surface area contributed by atoms with Gasteiger partial charge in [-0.2, -0.15) is 14.9 Å². The molecule has 0 bridgehead atoms. The van der Waals surface area contributed by atoms with Crippen LogP contribution >= 0.6 is 11.3 Å².